The number of hydrogen-bond acceptors (Lipinski definition) is 7. The summed E-state index contributed by atoms with van der Waals surface area (Å²) in [5, 5.41) is 27.7. The lowest BCUT2D eigenvalue weighted by atomic mass is 10.1. The second-order valence-electron chi connectivity index (χ2n) is 5.28. The van der Waals surface area contributed by atoms with Crippen LogP contribution in [0.4, 0.5) is 11.4 Å². The standard InChI is InChI=1S/C18H16N4O4/c1-2-13(12-19)18(23)26-17(14-6-4-3-5-7-14)21-20-15-8-10-16(11-9-15)22(24)25/h3-11,13,17H,2H2,1H3. The van der Waals surface area contributed by atoms with E-state index in [4.69, 9.17) is 10.00 Å². The van der Waals surface area contributed by atoms with Crippen molar-refractivity contribution in [2.75, 3.05) is 0 Å². The zero-order valence-electron chi connectivity index (χ0n) is 14.0. The fourth-order valence-electron chi connectivity index (χ4n) is 2.04. The molecule has 8 heteroatoms. The van der Waals surface area contributed by atoms with Crippen molar-refractivity contribution in [2.45, 2.75) is 19.6 Å². The van der Waals surface area contributed by atoms with Crippen LogP contribution >= 0.6 is 0 Å². The summed E-state index contributed by atoms with van der Waals surface area (Å²) in [6.45, 7) is 1.71. The van der Waals surface area contributed by atoms with Crippen molar-refractivity contribution < 1.29 is 14.5 Å². The van der Waals surface area contributed by atoms with Gasteiger partial charge in [0.15, 0.2) is 0 Å². The lowest BCUT2D eigenvalue weighted by Gasteiger charge is -2.14. The van der Waals surface area contributed by atoms with Gasteiger partial charge in [-0.1, -0.05) is 37.3 Å². The zero-order chi connectivity index (χ0) is 18.9. The topological polar surface area (TPSA) is 118 Å². The highest BCUT2D eigenvalue weighted by atomic mass is 16.6. The lowest BCUT2D eigenvalue weighted by Crippen LogP contribution is -2.17. The van der Waals surface area contributed by atoms with Crippen LogP contribution in [0, 0.1) is 27.4 Å². The maximum Gasteiger partial charge on any atom is 0.325 e. The van der Waals surface area contributed by atoms with Gasteiger partial charge in [-0.3, -0.25) is 14.9 Å². The molecule has 0 heterocycles. The maximum absolute atomic E-state index is 12.1. The second-order valence-corrected chi connectivity index (χ2v) is 5.28. The van der Waals surface area contributed by atoms with E-state index in [0.29, 0.717) is 17.7 Å². The minimum absolute atomic E-state index is 0.0604. The molecule has 0 radical (unpaired) electrons. The van der Waals surface area contributed by atoms with Crippen LogP contribution in [0.25, 0.3) is 0 Å². The van der Waals surface area contributed by atoms with Crippen molar-refractivity contribution in [3.63, 3.8) is 0 Å². The third kappa shape index (κ3) is 4.95. The Labute approximate surface area is 149 Å². The lowest BCUT2D eigenvalue weighted by molar-refractivity contribution is -0.384. The summed E-state index contributed by atoms with van der Waals surface area (Å²) in [7, 11) is 0. The molecule has 0 bridgehead atoms. The van der Waals surface area contributed by atoms with E-state index < -0.39 is 23.0 Å². The van der Waals surface area contributed by atoms with E-state index in [2.05, 4.69) is 10.2 Å². The number of esters is 1. The Morgan fingerprint density at radius 3 is 2.42 bits per heavy atom. The van der Waals surface area contributed by atoms with E-state index in [0.717, 1.165) is 0 Å². The van der Waals surface area contributed by atoms with Crippen molar-refractivity contribution in [3.8, 4) is 6.07 Å². The van der Waals surface area contributed by atoms with Crippen molar-refractivity contribution in [1.82, 2.24) is 0 Å². The van der Waals surface area contributed by atoms with Crippen LogP contribution in [0.3, 0.4) is 0 Å². The first-order chi connectivity index (χ1) is 12.5. The van der Waals surface area contributed by atoms with E-state index >= 15 is 0 Å². The Morgan fingerprint density at radius 2 is 1.88 bits per heavy atom. The zero-order valence-corrected chi connectivity index (χ0v) is 14.0. The van der Waals surface area contributed by atoms with Crippen molar-refractivity contribution in [3.05, 3.63) is 70.3 Å². The monoisotopic (exact) mass is 352 g/mol. The number of carbonyl (C=O) groups excluding carboxylic acids is 1. The molecule has 2 atom stereocenters. The second kappa shape index (κ2) is 9.03. The third-order valence-corrected chi connectivity index (χ3v) is 3.50. The highest BCUT2D eigenvalue weighted by Crippen LogP contribution is 2.25. The average Bonchev–Trinajstić information content (AvgIpc) is 2.67. The summed E-state index contributed by atoms with van der Waals surface area (Å²) < 4.78 is 5.33. The first kappa shape index (κ1) is 18.7. The number of benzene rings is 2. The van der Waals surface area contributed by atoms with Gasteiger partial charge in [0.2, 0.25) is 6.23 Å². The predicted octanol–water partition coefficient (Wildman–Crippen LogP) is 4.47. The van der Waals surface area contributed by atoms with E-state index in [-0.39, 0.29) is 5.69 Å². The maximum atomic E-state index is 12.1. The van der Waals surface area contributed by atoms with Crippen LogP contribution in [0.15, 0.2) is 64.8 Å². The first-order valence-electron chi connectivity index (χ1n) is 7.85. The van der Waals surface area contributed by atoms with Gasteiger partial charge in [0, 0.05) is 17.7 Å². The summed E-state index contributed by atoms with van der Waals surface area (Å²) in [4.78, 5) is 22.3. The van der Waals surface area contributed by atoms with Crippen molar-refractivity contribution in [2.24, 2.45) is 16.1 Å². The summed E-state index contributed by atoms with van der Waals surface area (Å²) in [6.07, 6.45) is -0.683. The van der Waals surface area contributed by atoms with Crippen LogP contribution in [-0.4, -0.2) is 10.9 Å². The molecule has 8 nitrogen and oxygen atoms in total. The number of carbonyl (C=O) groups is 1. The molecule has 0 saturated heterocycles. The number of rotatable bonds is 7. The van der Waals surface area contributed by atoms with E-state index in [1.807, 2.05) is 6.07 Å². The van der Waals surface area contributed by atoms with Crippen molar-refractivity contribution in [1.29, 1.82) is 5.26 Å². The number of hydrogen-bond donors (Lipinski definition) is 0. The minimum Gasteiger partial charge on any atom is -0.433 e. The number of nitriles is 1. The molecule has 26 heavy (non-hydrogen) atoms. The van der Waals surface area contributed by atoms with Gasteiger partial charge in [-0.2, -0.15) is 10.4 Å². The summed E-state index contributed by atoms with van der Waals surface area (Å²) in [5.41, 5.74) is 0.911. The molecular formula is C18H16N4O4. The Balaban J connectivity index is 2.22. The summed E-state index contributed by atoms with van der Waals surface area (Å²) in [5.74, 6) is -1.55. The Morgan fingerprint density at radius 1 is 1.23 bits per heavy atom. The fourth-order valence-corrected chi connectivity index (χ4v) is 2.04. The highest BCUT2D eigenvalue weighted by Gasteiger charge is 2.23. The SMILES string of the molecule is CCC(C#N)C(=O)OC(N=Nc1ccc([N+](=O)[O-])cc1)c1ccccc1. The Bertz CT molecular complexity index is 829. The quantitative estimate of drug-likeness (QED) is 0.315. The third-order valence-electron chi connectivity index (χ3n) is 3.50. The molecule has 0 saturated carbocycles. The van der Waals surface area contributed by atoms with Crippen LogP contribution < -0.4 is 0 Å². The van der Waals surface area contributed by atoms with E-state index in [1.54, 1.807) is 37.3 Å². The molecule has 2 aromatic rings. The molecule has 0 aliphatic carbocycles. The largest absolute Gasteiger partial charge is 0.433 e. The first-order valence-corrected chi connectivity index (χ1v) is 7.85. The Hall–Kier alpha value is -3.60. The van der Waals surface area contributed by atoms with Gasteiger partial charge in [-0.05, 0) is 18.6 Å². The molecule has 0 spiro atoms. The molecule has 0 aromatic heterocycles. The molecular weight excluding hydrogens is 336 g/mol. The van der Waals surface area contributed by atoms with Gasteiger partial charge in [-0.15, -0.1) is 5.11 Å². The van der Waals surface area contributed by atoms with Gasteiger partial charge in [0.25, 0.3) is 5.69 Å². The van der Waals surface area contributed by atoms with Crippen LogP contribution in [-0.2, 0) is 9.53 Å². The number of nitro groups is 1. The van der Waals surface area contributed by atoms with Crippen LogP contribution in [0.5, 0.6) is 0 Å². The van der Waals surface area contributed by atoms with Gasteiger partial charge < -0.3 is 4.74 Å². The predicted molar refractivity (Wildman–Crippen MR) is 92.3 cm³/mol. The molecule has 0 amide bonds. The number of nitro benzene ring substituents is 1. The van der Waals surface area contributed by atoms with Crippen LogP contribution in [0.1, 0.15) is 25.1 Å². The molecule has 132 valence electrons. The highest BCUT2D eigenvalue weighted by molar-refractivity contribution is 5.75. The number of azo groups is 1. The number of nitrogens with zero attached hydrogens (tertiary/aromatic N) is 4. The molecule has 2 aromatic carbocycles. The molecule has 0 N–H and O–H groups in total. The molecule has 2 unspecified atom stereocenters. The number of ether oxygens (including phenoxy) is 1. The van der Waals surface area contributed by atoms with Crippen molar-refractivity contribution >= 4 is 17.3 Å². The fraction of sp³-hybridized carbons (Fsp3) is 0.222. The average molecular weight is 352 g/mol. The molecule has 2 rings (SSSR count). The Kier molecular flexibility index (Phi) is 6.51. The van der Waals surface area contributed by atoms with Crippen LogP contribution in [0.2, 0.25) is 0 Å². The van der Waals surface area contributed by atoms with Gasteiger partial charge in [0.05, 0.1) is 16.7 Å². The summed E-state index contributed by atoms with van der Waals surface area (Å²) in [6, 6.07) is 16.2. The molecule has 0 aliphatic heterocycles. The number of non-ortho nitro benzene ring substituents is 1. The molecule has 0 fully saturated rings. The molecule has 0 aliphatic rings. The normalized spacial score (nSPS) is 12.9. The smallest absolute Gasteiger partial charge is 0.325 e. The summed E-state index contributed by atoms with van der Waals surface area (Å²) >= 11 is 0. The van der Waals surface area contributed by atoms with Gasteiger partial charge in [-0.25, -0.2) is 0 Å². The van der Waals surface area contributed by atoms with E-state index in [1.165, 1.54) is 24.3 Å². The van der Waals surface area contributed by atoms with Gasteiger partial charge >= 0.3 is 5.97 Å². The van der Waals surface area contributed by atoms with Gasteiger partial charge in [0.1, 0.15) is 5.92 Å². The van der Waals surface area contributed by atoms with E-state index in [9.17, 15) is 14.9 Å². The minimum atomic E-state index is -1.01.